The molecular weight excluding hydrogens is 240 g/mol. The van der Waals surface area contributed by atoms with Gasteiger partial charge in [0.15, 0.2) is 0 Å². The third-order valence-electron chi connectivity index (χ3n) is 3.63. The third-order valence-corrected chi connectivity index (χ3v) is 3.63. The maximum Gasteiger partial charge on any atom is 0.309 e. The van der Waals surface area contributed by atoms with Crippen LogP contribution in [0.15, 0.2) is 30.3 Å². The second kappa shape index (κ2) is 6.57. The first-order valence-electron chi connectivity index (χ1n) is 6.81. The van der Waals surface area contributed by atoms with Gasteiger partial charge in [-0.3, -0.25) is 9.69 Å². The average molecular weight is 262 g/mol. The Morgan fingerprint density at radius 1 is 1.21 bits per heavy atom. The molecule has 104 valence electrons. The molecule has 0 radical (unpaired) electrons. The molecule has 4 heteroatoms. The Kier molecular flexibility index (Phi) is 4.80. The van der Waals surface area contributed by atoms with E-state index < -0.39 is 0 Å². The molecule has 1 atom stereocenters. The summed E-state index contributed by atoms with van der Waals surface area (Å²) in [6.07, 6.45) is 0. The zero-order valence-electron chi connectivity index (χ0n) is 11.7. The smallest absolute Gasteiger partial charge is 0.309 e. The van der Waals surface area contributed by atoms with Crippen LogP contribution in [0.3, 0.4) is 0 Å². The molecule has 1 aromatic rings. The second-order valence-electron chi connectivity index (χ2n) is 5.05. The summed E-state index contributed by atoms with van der Waals surface area (Å²) in [6.45, 7) is 6.73. The fourth-order valence-electron chi connectivity index (χ4n) is 2.49. The summed E-state index contributed by atoms with van der Waals surface area (Å²) < 4.78 is 4.77. The van der Waals surface area contributed by atoms with E-state index in [-0.39, 0.29) is 11.9 Å². The van der Waals surface area contributed by atoms with Crippen molar-refractivity contribution in [1.29, 1.82) is 0 Å². The zero-order chi connectivity index (χ0) is 13.7. The Morgan fingerprint density at radius 2 is 1.84 bits per heavy atom. The Morgan fingerprint density at radius 3 is 2.42 bits per heavy atom. The first kappa shape index (κ1) is 13.9. The van der Waals surface area contributed by atoms with Crippen molar-refractivity contribution in [3.05, 3.63) is 30.3 Å². The molecule has 4 nitrogen and oxygen atoms in total. The van der Waals surface area contributed by atoms with Gasteiger partial charge in [-0.25, -0.2) is 0 Å². The van der Waals surface area contributed by atoms with E-state index in [2.05, 4.69) is 34.1 Å². The van der Waals surface area contributed by atoms with Crippen molar-refractivity contribution in [3.63, 3.8) is 0 Å². The number of nitrogens with zero attached hydrogens (tertiary/aromatic N) is 2. The van der Waals surface area contributed by atoms with Gasteiger partial charge in [-0.15, -0.1) is 0 Å². The quantitative estimate of drug-likeness (QED) is 0.772. The molecule has 1 fully saturated rings. The van der Waals surface area contributed by atoms with Gasteiger partial charge in [-0.2, -0.15) is 0 Å². The second-order valence-corrected chi connectivity index (χ2v) is 5.05. The molecule has 1 unspecified atom stereocenters. The van der Waals surface area contributed by atoms with Gasteiger partial charge in [0.1, 0.15) is 0 Å². The van der Waals surface area contributed by atoms with Crippen LogP contribution in [0.25, 0.3) is 0 Å². The van der Waals surface area contributed by atoms with Crippen molar-refractivity contribution < 1.29 is 9.53 Å². The maximum atomic E-state index is 11.4. The highest BCUT2D eigenvalue weighted by Crippen LogP contribution is 2.16. The van der Waals surface area contributed by atoms with Gasteiger partial charge in [0.2, 0.25) is 0 Å². The molecule has 1 aliphatic heterocycles. The molecule has 1 aliphatic rings. The summed E-state index contributed by atoms with van der Waals surface area (Å²) in [6, 6.07) is 10.5. The van der Waals surface area contributed by atoms with Crippen LogP contribution in [0, 0.1) is 5.92 Å². The van der Waals surface area contributed by atoms with Crippen molar-refractivity contribution in [3.8, 4) is 0 Å². The van der Waals surface area contributed by atoms with Crippen molar-refractivity contribution in [2.24, 2.45) is 5.92 Å². The lowest BCUT2D eigenvalue weighted by molar-refractivity contribution is -0.145. The number of ether oxygens (including phenoxy) is 1. The highest BCUT2D eigenvalue weighted by molar-refractivity contribution is 5.72. The van der Waals surface area contributed by atoms with Crippen LogP contribution in [0.1, 0.15) is 6.92 Å². The van der Waals surface area contributed by atoms with Crippen LogP contribution in [-0.4, -0.2) is 50.7 Å². The average Bonchev–Trinajstić information content (AvgIpc) is 2.48. The first-order valence-corrected chi connectivity index (χ1v) is 6.81. The number of hydrogen-bond donors (Lipinski definition) is 0. The fourth-order valence-corrected chi connectivity index (χ4v) is 2.49. The zero-order valence-corrected chi connectivity index (χ0v) is 11.7. The number of carbonyl (C=O) groups excluding carboxylic acids is 1. The lowest BCUT2D eigenvalue weighted by Gasteiger charge is -2.36. The topological polar surface area (TPSA) is 32.8 Å². The van der Waals surface area contributed by atoms with Crippen LogP contribution < -0.4 is 4.90 Å². The van der Waals surface area contributed by atoms with Gasteiger partial charge in [0.25, 0.3) is 0 Å². The number of esters is 1. The van der Waals surface area contributed by atoms with E-state index in [4.69, 9.17) is 4.74 Å². The maximum absolute atomic E-state index is 11.4. The molecule has 0 saturated carbocycles. The lowest BCUT2D eigenvalue weighted by atomic mass is 10.1. The van der Waals surface area contributed by atoms with E-state index >= 15 is 0 Å². The highest BCUT2D eigenvalue weighted by Gasteiger charge is 2.21. The highest BCUT2D eigenvalue weighted by atomic mass is 16.5. The number of rotatable bonds is 4. The molecule has 0 spiro atoms. The molecule has 1 aromatic carbocycles. The molecular formula is C15H22N2O2. The Balaban J connectivity index is 1.81. The predicted octanol–water partition coefficient (Wildman–Crippen LogP) is 1.62. The standard InChI is InChI=1S/C15H22N2O2/c1-13(15(18)19-2)12-16-8-10-17(11-9-16)14-6-4-3-5-7-14/h3-7,13H,8-12H2,1-2H3. The van der Waals surface area contributed by atoms with Gasteiger partial charge in [0.05, 0.1) is 13.0 Å². The number of benzene rings is 1. The van der Waals surface area contributed by atoms with Gasteiger partial charge < -0.3 is 9.64 Å². The van der Waals surface area contributed by atoms with Crippen molar-refractivity contribution >= 4 is 11.7 Å². The number of carbonyl (C=O) groups is 1. The van der Waals surface area contributed by atoms with E-state index in [1.807, 2.05) is 13.0 Å². The number of hydrogen-bond acceptors (Lipinski definition) is 4. The number of methoxy groups -OCH3 is 1. The minimum Gasteiger partial charge on any atom is -0.469 e. The van der Waals surface area contributed by atoms with E-state index in [1.165, 1.54) is 12.8 Å². The monoisotopic (exact) mass is 262 g/mol. The lowest BCUT2D eigenvalue weighted by Crippen LogP contribution is -2.48. The van der Waals surface area contributed by atoms with Crippen LogP contribution in [0.5, 0.6) is 0 Å². The molecule has 0 bridgehead atoms. The summed E-state index contributed by atoms with van der Waals surface area (Å²) in [4.78, 5) is 16.1. The molecule has 0 aromatic heterocycles. The molecule has 0 amide bonds. The van der Waals surface area contributed by atoms with Gasteiger partial charge in [0, 0.05) is 38.4 Å². The Labute approximate surface area is 115 Å². The number of piperazine rings is 1. The van der Waals surface area contributed by atoms with Crippen LogP contribution in [0.2, 0.25) is 0 Å². The summed E-state index contributed by atoms with van der Waals surface area (Å²) in [5.41, 5.74) is 1.28. The van der Waals surface area contributed by atoms with E-state index in [0.717, 1.165) is 32.7 Å². The molecule has 2 rings (SSSR count). The van der Waals surface area contributed by atoms with E-state index in [0.29, 0.717) is 0 Å². The summed E-state index contributed by atoms with van der Waals surface area (Å²) in [5.74, 6) is -0.168. The summed E-state index contributed by atoms with van der Waals surface area (Å²) >= 11 is 0. The Bertz CT molecular complexity index is 400. The Hall–Kier alpha value is -1.55. The molecule has 1 saturated heterocycles. The third kappa shape index (κ3) is 3.70. The molecule has 19 heavy (non-hydrogen) atoms. The predicted molar refractivity (Wildman–Crippen MR) is 76.3 cm³/mol. The SMILES string of the molecule is COC(=O)C(C)CN1CCN(c2ccccc2)CC1. The number of anilines is 1. The van der Waals surface area contributed by atoms with Gasteiger partial charge in [-0.1, -0.05) is 25.1 Å². The molecule has 0 N–H and O–H groups in total. The van der Waals surface area contributed by atoms with Crippen LogP contribution in [-0.2, 0) is 9.53 Å². The largest absolute Gasteiger partial charge is 0.469 e. The van der Waals surface area contributed by atoms with Crippen molar-refractivity contribution in [2.45, 2.75) is 6.92 Å². The fraction of sp³-hybridized carbons (Fsp3) is 0.533. The van der Waals surface area contributed by atoms with Crippen LogP contribution in [0.4, 0.5) is 5.69 Å². The van der Waals surface area contributed by atoms with E-state index in [1.54, 1.807) is 0 Å². The minimum atomic E-state index is -0.120. The van der Waals surface area contributed by atoms with Crippen molar-refractivity contribution in [1.82, 2.24) is 4.90 Å². The van der Waals surface area contributed by atoms with Gasteiger partial charge >= 0.3 is 5.97 Å². The molecule has 1 heterocycles. The normalized spacial score (nSPS) is 18.1. The molecule has 0 aliphatic carbocycles. The van der Waals surface area contributed by atoms with Gasteiger partial charge in [-0.05, 0) is 12.1 Å². The van der Waals surface area contributed by atoms with Crippen molar-refractivity contribution in [2.75, 3.05) is 44.7 Å². The van der Waals surface area contributed by atoms with E-state index in [9.17, 15) is 4.79 Å². The number of para-hydroxylation sites is 1. The summed E-state index contributed by atoms with van der Waals surface area (Å²) in [7, 11) is 1.45. The summed E-state index contributed by atoms with van der Waals surface area (Å²) in [5, 5.41) is 0. The van der Waals surface area contributed by atoms with Crippen LogP contribution >= 0.6 is 0 Å². The minimum absolute atomic E-state index is 0.0479. The first-order chi connectivity index (χ1) is 9.20.